The van der Waals surface area contributed by atoms with E-state index in [-0.39, 0.29) is 30.7 Å². The number of nitrogens with one attached hydrogen (secondary N) is 1. The van der Waals surface area contributed by atoms with Crippen LogP contribution < -0.4 is 5.32 Å². The first-order chi connectivity index (χ1) is 12.3. The van der Waals surface area contributed by atoms with Gasteiger partial charge in [-0.2, -0.15) is 0 Å². The lowest BCUT2D eigenvalue weighted by Gasteiger charge is -2.32. The molecule has 0 saturated carbocycles. The Morgan fingerprint density at radius 3 is 2.63 bits per heavy atom. The summed E-state index contributed by atoms with van der Waals surface area (Å²) in [6.07, 6.45) is 1.87. The van der Waals surface area contributed by atoms with Crippen molar-refractivity contribution in [3.05, 3.63) is 52.0 Å². The normalized spacial score (nSPS) is 20.0. The van der Waals surface area contributed by atoms with Crippen LogP contribution in [0.15, 0.2) is 35.7 Å². The molecule has 148 valence electrons. The summed E-state index contributed by atoms with van der Waals surface area (Å²) < 4.78 is 0. The predicted octanol–water partition coefficient (Wildman–Crippen LogP) is 2.70. The monoisotopic (exact) mass is 428 g/mol. The number of carbonyl (C=O) groups is 1. The van der Waals surface area contributed by atoms with Crippen molar-refractivity contribution in [3.8, 4) is 0 Å². The van der Waals surface area contributed by atoms with E-state index in [1.54, 1.807) is 11.3 Å². The van der Waals surface area contributed by atoms with E-state index in [1.165, 1.54) is 5.56 Å². The van der Waals surface area contributed by atoms with Gasteiger partial charge in [-0.1, -0.05) is 30.3 Å². The maximum Gasteiger partial charge on any atom is 0.273 e. The zero-order valence-electron chi connectivity index (χ0n) is 15.2. The Morgan fingerprint density at radius 2 is 1.89 bits per heavy atom. The molecule has 27 heavy (non-hydrogen) atoms. The fourth-order valence-corrected chi connectivity index (χ4v) is 4.50. The van der Waals surface area contributed by atoms with E-state index in [9.17, 15) is 4.79 Å². The smallest absolute Gasteiger partial charge is 0.273 e. The highest BCUT2D eigenvalue weighted by Gasteiger charge is 2.32. The molecule has 5 nitrogen and oxygen atoms in total. The van der Waals surface area contributed by atoms with Crippen LogP contribution in [-0.4, -0.2) is 66.0 Å². The van der Waals surface area contributed by atoms with Gasteiger partial charge in [0, 0.05) is 57.1 Å². The Hall–Kier alpha value is -1.18. The van der Waals surface area contributed by atoms with E-state index in [4.69, 9.17) is 0 Å². The number of amides is 1. The van der Waals surface area contributed by atoms with Gasteiger partial charge in [-0.3, -0.25) is 9.69 Å². The number of hydrogen-bond acceptors (Lipinski definition) is 5. The molecule has 2 aliphatic rings. The van der Waals surface area contributed by atoms with Crippen molar-refractivity contribution in [2.24, 2.45) is 0 Å². The van der Waals surface area contributed by atoms with Crippen LogP contribution in [0.2, 0.25) is 0 Å². The number of nitrogens with zero attached hydrogens (tertiary/aromatic N) is 3. The molecule has 1 aromatic heterocycles. The summed E-state index contributed by atoms with van der Waals surface area (Å²) in [5.74, 6) is 0.0909. The number of likely N-dealkylation sites (tertiary alicyclic amines) is 1. The molecule has 0 bridgehead atoms. The molecule has 2 aliphatic heterocycles. The molecular weight excluding hydrogens is 403 g/mol. The Bertz CT molecular complexity index is 722. The minimum absolute atomic E-state index is 0. The van der Waals surface area contributed by atoms with Crippen molar-refractivity contribution in [1.29, 1.82) is 0 Å². The van der Waals surface area contributed by atoms with Gasteiger partial charge in [0.1, 0.15) is 5.69 Å². The summed E-state index contributed by atoms with van der Waals surface area (Å²) in [4.78, 5) is 21.9. The second kappa shape index (κ2) is 10.4. The summed E-state index contributed by atoms with van der Waals surface area (Å²) in [6, 6.07) is 10.8. The lowest BCUT2D eigenvalue weighted by atomic mass is 10.2. The maximum atomic E-state index is 12.8. The molecule has 1 atom stereocenters. The SMILES string of the molecule is Cl.Cl.O=C(c1csc(Cc2ccccc2)n1)N1CCC(N2CCNCC2)C1. The second-order valence-electron chi connectivity index (χ2n) is 6.77. The number of aromatic nitrogens is 1. The van der Waals surface area contributed by atoms with Crippen LogP contribution in [0.25, 0.3) is 0 Å². The predicted molar refractivity (Wildman–Crippen MR) is 115 cm³/mol. The third-order valence-electron chi connectivity index (χ3n) is 5.09. The Labute approximate surface area is 177 Å². The molecule has 0 aliphatic carbocycles. The van der Waals surface area contributed by atoms with Crippen LogP contribution in [0.5, 0.6) is 0 Å². The van der Waals surface area contributed by atoms with Crippen LogP contribution in [0.1, 0.15) is 27.5 Å². The summed E-state index contributed by atoms with van der Waals surface area (Å²) in [6.45, 7) is 5.97. The average molecular weight is 429 g/mol. The van der Waals surface area contributed by atoms with Crippen molar-refractivity contribution in [2.75, 3.05) is 39.3 Å². The molecule has 1 aromatic carbocycles. The van der Waals surface area contributed by atoms with Gasteiger partial charge in [0.2, 0.25) is 0 Å². The van der Waals surface area contributed by atoms with Crippen LogP contribution in [0, 0.1) is 0 Å². The van der Waals surface area contributed by atoms with Gasteiger partial charge >= 0.3 is 0 Å². The number of halogens is 2. The summed E-state index contributed by atoms with van der Waals surface area (Å²) in [5, 5.41) is 6.31. The molecule has 0 spiro atoms. The van der Waals surface area contributed by atoms with Gasteiger partial charge in [-0.05, 0) is 12.0 Å². The molecule has 3 heterocycles. The standard InChI is InChI=1S/C19H24N4OS.2ClH/c24-19(23-9-6-16(13-23)22-10-7-20-8-11-22)17-14-25-18(21-17)12-15-4-2-1-3-5-15;;/h1-5,14,16,20H,6-13H2;2*1H. The molecule has 2 fully saturated rings. The van der Waals surface area contributed by atoms with Gasteiger partial charge in [-0.15, -0.1) is 36.2 Å². The van der Waals surface area contributed by atoms with E-state index in [1.807, 2.05) is 28.5 Å². The van der Waals surface area contributed by atoms with Gasteiger partial charge in [0.05, 0.1) is 5.01 Å². The number of carbonyl (C=O) groups excluding carboxylic acids is 1. The molecule has 2 aromatic rings. The molecular formula is C19H26Cl2N4OS. The highest BCUT2D eigenvalue weighted by atomic mass is 35.5. The van der Waals surface area contributed by atoms with Crippen molar-refractivity contribution >= 4 is 42.1 Å². The summed E-state index contributed by atoms with van der Waals surface area (Å²) in [7, 11) is 0. The third kappa shape index (κ3) is 5.42. The van der Waals surface area contributed by atoms with Crippen LogP contribution in [0.3, 0.4) is 0 Å². The fraction of sp³-hybridized carbons (Fsp3) is 0.474. The van der Waals surface area contributed by atoms with Gasteiger partial charge in [0.25, 0.3) is 5.91 Å². The molecule has 1 amide bonds. The third-order valence-corrected chi connectivity index (χ3v) is 5.94. The first kappa shape index (κ1) is 22.1. The van der Waals surface area contributed by atoms with Crippen molar-refractivity contribution in [1.82, 2.24) is 20.1 Å². The summed E-state index contributed by atoms with van der Waals surface area (Å²) >= 11 is 1.58. The number of thiazole rings is 1. The quantitative estimate of drug-likeness (QED) is 0.812. The highest BCUT2D eigenvalue weighted by Crippen LogP contribution is 2.21. The van der Waals surface area contributed by atoms with Crippen molar-refractivity contribution in [3.63, 3.8) is 0 Å². The zero-order valence-corrected chi connectivity index (χ0v) is 17.6. The van der Waals surface area contributed by atoms with E-state index >= 15 is 0 Å². The molecule has 1 N–H and O–H groups in total. The minimum atomic E-state index is 0. The van der Waals surface area contributed by atoms with Crippen LogP contribution in [-0.2, 0) is 6.42 Å². The Morgan fingerprint density at radius 1 is 1.15 bits per heavy atom. The second-order valence-corrected chi connectivity index (χ2v) is 7.71. The van der Waals surface area contributed by atoms with Crippen LogP contribution >= 0.6 is 36.2 Å². The number of benzene rings is 1. The Balaban J connectivity index is 0.00000131. The van der Waals surface area contributed by atoms with E-state index in [2.05, 4.69) is 27.3 Å². The molecule has 4 rings (SSSR count). The Kier molecular flexibility index (Phi) is 8.51. The molecule has 2 saturated heterocycles. The largest absolute Gasteiger partial charge is 0.336 e. The molecule has 8 heteroatoms. The first-order valence-electron chi connectivity index (χ1n) is 9.02. The summed E-state index contributed by atoms with van der Waals surface area (Å²) in [5.41, 5.74) is 1.84. The number of hydrogen-bond donors (Lipinski definition) is 1. The van der Waals surface area contributed by atoms with E-state index in [0.29, 0.717) is 11.7 Å². The highest BCUT2D eigenvalue weighted by molar-refractivity contribution is 7.09. The van der Waals surface area contributed by atoms with Gasteiger partial charge < -0.3 is 10.2 Å². The maximum absolute atomic E-state index is 12.8. The fourth-order valence-electron chi connectivity index (χ4n) is 3.69. The average Bonchev–Trinajstić information content (AvgIpc) is 3.33. The number of rotatable bonds is 4. The first-order valence-corrected chi connectivity index (χ1v) is 9.90. The van der Waals surface area contributed by atoms with Crippen molar-refractivity contribution in [2.45, 2.75) is 18.9 Å². The van der Waals surface area contributed by atoms with E-state index in [0.717, 1.165) is 57.1 Å². The topological polar surface area (TPSA) is 48.5 Å². The van der Waals surface area contributed by atoms with Crippen LogP contribution in [0.4, 0.5) is 0 Å². The van der Waals surface area contributed by atoms with E-state index < -0.39 is 0 Å². The number of piperazine rings is 1. The zero-order chi connectivity index (χ0) is 17.1. The molecule has 0 radical (unpaired) electrons. The lowest BCUT2D eigenvalue weighted by Crippen LogP contribution is -2.49. The minimum Gasteiger partial charge on any atom is -0.336 e. The molecule has 1 unspecified atom stereocenters. The lowest BCUT2D eigenvalue weighted by molar-refractivity contribution is 0.0768. The van der Waals surface area contributed by atoms with Gasteiger partial charge in [0.15, 0.2) is 0 Å². The van der Waals surface area contributed by atoms with Gasteiger partial charge in [-0.25, -0.2) is 4.98 Å². The van der Waals surface area contributed by atoms with Crippen molar-refractivity contribution < 1.29 is 4.79 Å².